The van der Waals surface area contributed by atoms with E-state index in [1.165, 1.54) is 6.21 Å². The Morgan fingerprint density at radius 2 is 1.86 bits per heavy atom. The van der Waals surface area contributed by atoms with Gasteiger partial charge in [0, 0.05) is 24.2 Å². The molecule has 3 rings (SSSR count). The summed E-state index contributed by atoms with van der Waals surface area (Å²) in [6, 6.07) is 16.2. The van der Waals surface area contributed by atoms with Gasteiger partial charge in [-0.15, -0.1) is 0 Å². The van der Waals surface area contributed by atoms with Crippen LogP contribution in [0, 0.1) is 0 Å². The number of pyridine rings is 1. The molecule has 0 aliphatic heterocycles. The van der Waals surface area contributed by atoms with E-state index >= 15 is 0 Å². The highest BCUT2D eigenvalue weighted by Crippen LogP contribution is 2.16. The van der Waals surface area contributed by atoms with Crippen LogP contribution in [0.15, 0.2) is 69.5 Å². The highest BCUT2D eigenvalue weighted by Gasteiger charge is 2.13. The van der Waals surface area contributed by atoms with E-state index in [4.69, 9.17) is 5.84 Å². The van der Waals surface area contributed by atoms with Crippen LogP contribution in [0.1, 0.15) is 29.8 Å². The minimum Gasteiger partial charge on any atom is -0.339 e. The molecule has 0 saturated heterocycles. The molecule has 0 aliphatic carbocycles. The molecule has 29 heavy (non-hydrogen) atoms. The smallest absolute Gasteiger partial charge is 0.258 e. The number of rotatable bonds is 6. The molecular formula is C22H23N5O2. The second-order valence-electron chi connectivity index (χ2n) is 6.40. The number of fused-ring (bicyclic) bond motifs is 1. The lowest BCUT2D eigenvalue weighted by atomic mass is 10.1. The normalized spacial score (nSPS) is 11.9. The van der Waals surface area contributed by atoms with E-state index in [2.05, 4.69) is 15.1 Å². The molecule has 0 radical (unpaired) electrons. The number of benzene rings is 2. The van der Waals surface area contributed by atoms with E-state index in [0.29, 0.717) is 29.9 Å². The molecule has 0 fully saturated rings. The number of amides is 1. The fourth-order valence-corrected chi connectivity index (χ4v) is 3.06. The van der Waals surface area contributed by atoms with Gasteiger partial charge in [-0.1, -0.05) is 24.3 Å². The van der Waals surface area contributed by atoms with Crippen molar-refractivity contribution in [1.82, 2.24) is 9.88 Å². The van der Waals surface area contributed by atoms with Crippen LogP contribution in [0.5, 0.6) is 0 Å². The number of carbonyl (C=O) groups is 1. The monoisotopic (exact) mass is 389 g/mol. The average Bonchev–Trinajstić information content (AvgIpc) is 2.75. The van der Waals surface area contributed by atoms with Crippen LogP contribution in [-0.4, -0.2) is 40.8 Å². The second-order valence-corrected chi connectivity index (χ2v) is 6.40. The maximum Gasteiger partial charge on any atom is 0.258 e. The molecule has 0 unspecified atom stereocenters. The summed E-state index contributed by atoms with van der Waals surface area (Å²) < 4.78 is 0. The number of aromatic amines is 1. The first-order valence-corrected chi connectivity index (χ1v) is 9.41. The zero-order valence-electron chi connectivity index (χ0n) is 16.4. The first kappa shape index (κ1) is 20.0. The van der Waals surface area contributed by atoms with Gasteiger partial charge in [0.15, 0.2) is 0 Å². The summed E-state index contributed by atoms with van der Waals surface area (Å²) in [7, 11) is 0. The zero-order valence-corrected chi connectivity index (χ0v) is 16.4. The summed E-state index contributed by atoms with van der Waals surface area (Å²) in [4.78, 5) is 33.9. The Morgan fingerprint density at radius 1 is 1.10 bits per heavy atom. The molecule has 7 heteroatoms. The molecule has 0 aliphatic rings. The van der Waals surface area contributed by atoms with Gasteiger partial charge in [0.05, 0.1) is 17.5 Å². The maximum atomic E-state index is 12.5. The number of H-pyrrole nitrogens is 1. The van der Waals surface area contributed by atoms with Gasteiger partial charge in [-0.2, -0.15) is 5.10 Å². The van der Waals surface area contributed by atoms with Crippen LogP contribution in [0.2, 0.25) is 0 Å². The van der Waals surface area contributed by atoms with Crippen molar-refractivity contribution < 1.29 is 4.79 Å². The van der Waals surface area contributed by atoms with E-state index < -0.39 is 0 Å². The SMILES string of the molecule is CCN(CC)C(=O)c1cccc(N=CC(=NN)c2cc3ccccc3[nH]c2=O)c1. The quantitative estimate of drug-likeness (QED) is 0.384. The third-order valence-corrected chi connectivity index (χ3v) is 4.65. The van der Waals surface area contributed by atoms with Crippen molar-refractivity contribution in [1.29, 1.82) is 0 Å². The van der Waals surface area contributed by atoms with Crippen LogP contribution in [0.3, 0.4) is 0 Å². The van der Waals surface area contributed by atoms with Gasteiger partial charge >= 0.3 is 0 Å². The molecule has 1 heterocycles. The summed E-state index contributed by atoms with van der Waals surface area (Å²) in [5.41, 5.74) is 2.13. The third-order valence-electron chi connectivity index (χ3n) is 4.65. The standard InChI is InChI=1S/C22H23N5O2/c1-3-27(4-2)22(29)16-9-7-10-17(12-16)24-14-20(26-23)18-13-15-8-5-6-11-19(15)25-21(18)28/h5-14H,3-4,23H2,1-2H3,(H,25,28). The third kappa shape index (κ3) is 4.40. The summed E-state index contributed by atoms with van der Waals surface area (Å²) in [6.07, 6.45) is 1.43. The van der Waals surface area contributed by atoms with Gasteiger partial charge in [-0.05, 0) is 49.6 Å². The first-order valence-electron chi connectivity index (χ1n) is 9.41. The lowest BCUT2D eigenvalue weighted by Gasteiger charge is -2.18. The number of nitrogens with two attached hydrogens (primary N) is 1. The lowest BCUT2D eigenvalue weighted by molar-refractivity contribution is 0.0773. The molecule has 1 aromatic heterocycles. The molecule has 0 spiro atoms. The lowest BCUT2D eigenvalue weighted by Crippen LogP contribution is -2.30. The zero-order chi connectivity index (χ0) is 20.8. The van der Waals surface area contributed by atoms with Crippen molar-refractivity contribution >= 4 is 34.4 Å². The largest absolute Gasteiger partial charge is 0.339 e. The molecule has 0 atom stereocenters. The van der Waals surface area contributed by atoms with Crippen LogP contribution in [0.25, 0.3) is 10.9 Å². The summed E-state index contributed by atoms with van der Waals surface area (Å²) >= 11 is 0. The van der Waals surface area contributed by atoms with Crippen LogP contribution >= 0.6 is 0 Å². The molecule has 2 aromatic carbocycles. The topological polar surface area (TPSA) is 104 Å². The Bertz CT molecular complexity index is 1140. The van der Waals surface area contributed by atoms with E-state index in [-0.39, 0.29) is 17.2 Å². The number of aliphatic imine (C=N–C) groups is 1. The molecule has 3 aromatic rings. The van der Waals surface area contributed by atoms with Crippen molar-refractivity contribution in [2.75, 3.05) is 13.1 Å². The molecular weight excluding hydrogens is 366 g/mol. The van der Waals surface area contributed by atoms with E-state index in [1.54, 1.807) is 35.2 Å². The van der Waals surface area contributed by atoms with Gasteiger partial charge in [-0.3, -0.25) is 14.6 Å². The fourth-order valence-electron chi connectivity index (χ4n) is 3.06. The maximum absolute atomic E-state index is 12.5. The summed E-state index contributed by atoms with van der Waals surface area (Å²) in [5.74, 6) is 5.47. The van der Waals surface area contributed by atoms with Gasteiger partial charge in [0.25, 0.3) is 11.5 Å². The van der Waals surface area contributed by atoms with E-state index in [0.717, 1.165) is 10.9 Å². The Hall–Kier alpha value is -3.74. The number of hydrogen-bond acceptors (Lipinski definition) is 5. The molecule has 0 bridgehead atoms. The number of aromatic nitrogens is 1. The van der Waals surface area contributed by atoms with Crippen molar-refractivity contribution in [3.8, 4) is 0 Å². The van der Waals surface area contributed by atoms with Crippen molar-refractivity contribution in [3.63, 3.8) is 0 Å². The minimum absolute atomic E-state index is 0.0502. The molecule has 7 nitrogen and oxygen atoms in total. The van der Waals surface area contributed by atoms with Crippen molar-refractivity contribution in [2.24, 2.45) is 15.9 Å². The molecule has 1 amide bonds. The average molecular weight is 389 g/mol. The first-order chi connectivity index (χ1) is 14.1. The van der Waals surface area contributed by atoms with Gasteiger partial charge in [0.2, 0.25) is 0 Å². The van der Waals surface area contributed by atoms with Crippen LogP contribution in [-0.2, 0) is 0 Å². The van der Waals surface area contributed by atoms with Crippen LogP contribution in [0.4, 0.5) is 5.69 Å². The highest BCUT2D eigenvalue weighted by atomic mass is 16.2. The fraction of sp³-hybridized carbons (Fsp3) is 0.182. The summed E-state index contributed by atoms with van der Waals surface area (Å²) in [5, 5.41) is 4.59. The van der Waals surface area contributed by atoms with E-state index in [1.807, 2.05) is 38.1 Å². The highest BCUT2D eigenvalue weighted by molar-refractivity contribution is 6.38. The Balaban J connectivity index is 1.91. The predicted molar refractivity (Wildman–Crippen MR) is 117 cm³/mol. The van der Waals surface area contributed by atoms with E-state index in [9.17, 15) is 9.59 Å². The number of nitrogens with zero attached hydrogens (tertiary/aromatic N) is 3. The predicted octanol–water partition coefficient (Wildman–Crippen LogP) is 3.08. The van der Waals surface area contributed by atoms with Gasteiger partial charge in [0.1, 0.15) is 5.71 Å². The number of para-hydroxylation sites is 1. The number of hydrazone groups is 1. The summed E-state index contributed by atoms with van der Waals surface area (Å²) in [6.45, 7) is 5.15. The van der Waals surface area contributed by atoms with Gasteiger partial charge in [-0.25, -0.2) is 0 Å². The number of nitrogens with one attached hydrogen (secondary N) is 1. The molecule has 0 saturated carbocycles. The van der Waals surface area contributed by atoms with Crippen molar-refractivity contribution in [2.45, 2.75) is 13.8 Å². The number of hydrogen-bond donors (Lipinski definition) is 2. The molecule has 3 N–H and O–H groups in total. The Morgan fingerprint density at radius 3 is 2.59 bits per heavy atom. The number of carbonyl (C=O) groups excluding carboxylic acids is 1. The molecule has 148 valence electrons. The Kier molecular flexibility index (Phi) is 6.19. The van der Waals surface area contributed by atoms with Gasteiger partial charge < -0.3 is 15.7 Å². The minimum atomic E-state index is -0.301. The second kappa shape index (κ2) is 8.97. The Labute approximate surface area is 168 Å². The van der Waals surface area contributed by atoms with Crippen LogP contribution < -0.4 is 11.4 Å². The van der Waals surface area contributed by atoms with Crippen molar-refractivity contribution in [3.05, 3.63) is 76.1 Å².